The van der Waals surface area contributed by atoms with E-state index >= 15 is 0 Å². The van der Waals surface area contributed by atoms with Crippen LogP contribution in [0.2, 0.25) is 0 Å². The number of halogens is 1. The summed E-state index contributed by atoms with van der Waals surface area (Å²) in [6.07, 6.45) is 1.33. The monoisotopic (exact) mass is 295 g/mol. The van der Waals surface area contributed by atoms with E-state index in [2.05, 4.69) is 21.2 Å². The molecule has 2 rings (SSSR count). The molecule has 1 aliphatic heterocycles. The van der Waals surface area contributed by atoms with Gasteiger partial charge in [-0.3, -0.25) is 4.79 Å². The van der Waals surface area contributed by atoms with Crippen LogP contribution in [0.4, 0.5) is 5.69 Å². The van der Waals surface area contributed by atoms with Crippen LogP contribution in [0.1, 0.15) is 36.2 Å². The van der Waals surface area contributed by atoms with Gasteiger partial charge in [0, 0.05) is 17.5 Å². The number of hydrogen-bond acceptors (Lipinski definition) is 2. The molecule has 1 atom stereocenters. The van der Waals surface area contributed by atoms with E-state index in [0.29, 0.717) is 6.42 Å². The van der Waals surface area contributed by atoms with Crippen molar-refractivity contribution >= 4 is 33.8 Å². The highest BCUT2D eigenvalue weighted by atomic mass is 79.9. The SMILES string of the molecule is CC1(C)CC(=O)Nc2ccc(C(Br)C=O)cc21. The van der Waals surface area contributed by atoms with E-state index in [1.165, 1.54) is 0 Å². The first kappa shape index (κ1) is 12.3. The fourth-order valence-electron chi connectivity index (χ4n) is 2.17. The predicted molar refractivity (Wildman–Crippen MR) is 70.4 cm³/mol. The minimum absolute atomic E-state index is 0.0426. The van der Waals surface area contributed by atoms with Gasteiger partial charge in [-0.15, -0.1) is 0 Å². The molecule has 0 saturated heterocycles. The first-order valence-electron chi connectivity index (χ1n) is 5.48. The number of carbonyl (C=O) groups excluding carboxylic acids is 2. The van der Waals surface area contributed by atoms with Crippen molar-refractivity contribution in [2.45, 2.75) is 30.5 Å². The molecule has 0 aromatic heterocycles. The Hall–Kier alpha value is -1.16. The number of fused-ring (bicyclic) bond motifs is 1. The molecule has 1 unspecified atom stereocenters. The van der Waals surface area contributed by atoms with Crippen molar-refractivity contribution in [3.63, 3.8) is 0 Å². The molecule has 17 heavy (non-hydrogen) atoms. The maximum Gasteiger partial charge on any atom is 0.225 e. The van der Waals surface area contributed by atoms with Crippen molar-refractivity contribution in [2.75, 3.05) is 5.32 Å². The average Bonchev–Trinajstić information content (AvgIpc) is 2.26. The van der Waals surface area contributed by atoms with Crippen molar-refractivity contribution in [2.24, 2.45) is 0 Å². The van der Waals surface area contributed by atoms with E-state index in [4.69, 9.17) is 0 Å². The number of rotatable bonds is 2. The first-order chi connectivity index (χ1) is 7.94. The summed E-state index contributed by atoms with van der Waals surface area (Å²) in [4.78, 5) is 22.0. The second-order valence-corrected chi connectivity index (χ2v) is 5.94. The Bertz CT molecular complexity index is 482. The van der Waals surface area contributed by atoms with Gasteiger partial charge in [-0.2, -0.15) is 0 Å². The zero-order chi connectivity index (χ0) is 12.6. The fraction of sp³-hybridized carbons (Fsp3) is 0.385. The maximum atomic E-state index is 11.5. The van der Waals surface area contributed by atoms with Crippen molar-refractivity contribution in [3.05, 3.63) is 29.3 Å². The van der Waals surface area contributed by atoms with E-state index in [9.17, 15) is 9.59 Å². The van der Waals surface area contributed by atoms with Gasteiger partial charge in [-0.1, -0.05) is 41.9 Å². The van der Waals surface area contributed by atoms with Crippen LogP contribution in [0.3, 0.4) is 0 Å². The van der Waals surface area contributed by atoms with Gasteiger partial charge >= 0.3 is 0 Å². The van der Waals surface area contributed by atoms with Gasteiger partial charge in [-0.05, 0) is 17.2 Å². The molecule has 1 amide bonds. The molecule has 90 valence electrons. The second kappa shape index (κ2) is 4.26. The number of amides is 1. The van der Waals surface area contributed by atoms with Crippen LogP contribution in [0.5, 0.6) is 0 Å². The number of alkyl halides is 1. The normalized spacial score (nSPS) is 19.1. The lowest BCUT2D eigenvalue weighted by Crippen LogP contribution is -2.32. The van der Waals surface area contributed by atoms with Crippen LogP contribution < -0.4 is 5.32 Å². The quantitative estimate of drug-likeness (QED) is 0.673. The van der Waals surface area contributed by atoms with Crippen molar-refractivity contribution in [1.29, 1.82) is 0 Å². The molecule has 0 saturated carbocycles. The number of nitrogens with one attached hydrogen (secondary N) is 1. The molecule has 0 radical (unpaired) electrons. The van der Waals surface area contributed by atoms with Crippen LogP contribution in [0.25, 0.3) is 0 Å². The molecule has 1 aliphatic rings. The molecule has 0 fully saturated rings. The van der Waals surface area contributed by atoms with Gasteiger partial charge in [0.25, 0.3) is 0 Å². The Morgan fingerprint density at radius 2 is 2.18 bits per heavy atom. The third-order valence-corrected chi connectivity index (χ3v) is 3.83. The van der Waals surface area contributed by atoms with E-state index < -0.39 is 0 Å². The summed E-state index contributed by atoms with van der Waals surface area (Å²) in [5, 5.41) is 2.86. The average molecular weight is 296 g/mol. The van der Waals surface area contributed by atoms with Crippen LogP contribution in [-0.2, 0) is 15.0 Å². The highest BCUT2D eigenvalue weighted by Crippen LogP contribution is 2.39. The van der Waals surface area contributed by atoms with Gasteiger partial charge in [0.1, 0.15) is 6.29 Å². The number of anilines is 1. The summed E-state index contributed by atoms with van der Waals surface area (Å²) >= 11 is 3.31. The van der Waals surface area contributed by atoms with Crippen molar-refractivity contribution in [1.82, 2.24) is 0 Å². The van der Waals surface area contributed by atoms with Crippen LogP contribution >= 0.6 is 15.9 Å². The summed E-state index contributed by atoms with van der Waals surface area (Å²) in [6.45, 7) is 4.08. The van der Waals surface area contributed by atoms with E-state index in [0.717, 1.165) is 23.1 Å². The second-order valence-electron chi connectivity index (χ2n) is 4.95. The molecular formula is C13H14BrNO2. The van der Waals surface area contributed by atoms with E-state index in [1.807, 2.05) is 32.0 Å². The van der Waals surface area contributed by atoms with E-state index in [-0.39, 0.29) is 16.1 Å². The Labute approximate surface area is 109 Å². The molecule has 1 heterocycles. The first-order valence-corrected chi connectivity index (χ1v) is 6.39. The Morgan fingerprint density at radius 1 is 1.47 bits per heavy atom. The molecule has 0 aliphatic carbocycles. The highest BCUT2D eigenvalue weighted by Gasteiger charge is 2.32. The number of benzene rings is 1. The van der Waals surface area contributed by atoms with Crippen LogP contribution in [-0.4, -0.2) is 12.2 Å². The van der Waals surface area contributed by atoms with Gasteiger partial charge in [0.15, 0.2) is 0 Å². The summed E-state index contributed by atoms with van der Waals surface area (Å²) in [5.41, 5.74) is 2.66. The standard InChI is InChI=1S/C13H14BrNO2/c1-13(2)6-12(17)15-11-4-3-8(5-9(11)13)10(14)7-16/h3-5,7,10H,6H2,1-2H3,(H,15,17). The molecule has 1 N–H and O–H groups in total. The lowest BCUT2D eigenvalue weighted by atomic mass is 9.77. The predicted octanol–water partition coefficient (Wildman–Crippen LogP) is 2.94. The minimum atomic E-state index is -0.291. The fourth-order valence-corrected chi connectivity index (χ4v) is 2.46. The summed E-state index contributed by atoms with van der Waals surface area (Å²) in [7, 11) is 0. The van der Waals surface area contributed by atoms with Gasteiger partial charge in [-0.25, -0.2) is 0 Å². The Balaban J connectivity index is 2.51. The summed E-state index contributed by atoms with van der Waals surface area (Å²) in [5.74, 6) is 0.0426. The Kier molecular flexibility index (Phi) is 3.08. The van der Waals surface area contributed by atoms with Crippen LogP contribution in [0, 0.1) is 0 Å². The lowest BCUT2D eigenvalue weighted by molar-refractivity contribution is -0.117. The zero-order valence-electron chi connectivity index (χ0n) is 9.79. The van der Waals surface area contributed by atoms with Crippen LogP contribution in [0.15, 0.2) is 18.2 Å². The third kappa shape index (κ3) is 2.27. The topological polar surface area (TPSA) is 46.2 Å². The smallest absolute Gasteiger partial charge is 0.225 e. The minimum Gasteiger partial charge on any atom is -0.326 e. The zero-order valence-corrected chi connectivity index (χ0v) is 11.4. The largest absolute Gasteiger partial charge is 0.326 e. The molecule has 4 heteroatoms. The molecule has 3 nitrogen and oxygen atoms in total. The highest BCUT2D eigenvalue weighted by molar-refractivity contribution is 9.09. The Morgan fingerprint density at radius 3 is 2.82 bits per heavy atom. The molecule has 0 spiro atoms. The summed E-state index contributed by atoms with van der Waals surface area (Å²) in [6, 6.07) is 5.71. The molecule has 0 bridgehead atoms. The van der Waals surface area contributed by atoms with Gasteiger partial charge < -0.3 is 10.1 Å². The number of aldehydes is 1. The van der Waals surface area contributed by atoms with Crippen molar-refractivity contribution in [3.8, 4) is 0 Å². The molecular weight excluding hydrogens is 282 g/mol. The molecule has 1 aromatic rings. The number of hydrogen-bond donors (Lipinski definition) is 1. The third-order valence-electron chi connectivity index (χ3n) is 3.09. The number of carbonyl (C=O) groups is 2. The van der Waals surface area contributed by atoms with Gasteiger partial charge in [0.2, 0.25) is 5.91 Å². The lowest BCUT2D eigenvalue weighted by Gasteiger charge is -2.32. The summed E-state index contributed by atoms with van der Waals surface area (Å²) < 4.78 is 0. The maximum absolute atomic E-state index is 11.5. The van der Waals surface area contributed by atoms with Gasteiger partial charge in [0.05, 0.1) is 4.83 Å². The van der Waals surface area contributed by atoms with E-state index in [1.54, 1.807) is 0 Å². The van der Waals surface area contributed by atoms with Crippen molar-refractivity contribution < 1.29 is 9.59 Å². The molecule has 1 aromatic carbocycles.